The van der Waals surface area contributed by atoms with E-state index in [2.05, 4.69) is 15.7 Å². The number of amides is 2. The van der Waals surface area contributed by atoms with Crippen molar-refractivity contribution >= 4 is 11.8 Å². The van der Waals surface area contributed by atoms with Crippen LogP contribution in [0.25, 0.3) is 5.69 Å². The number of carbonyl (C=O) groups is 2. The maximum absolute atomic E-state index is 12.0. The largest absolute Gasteiger partial charge is 0.350 e. The van der Waals surface area contributed by atoms with E-state index in [1.807, 2.05) is 55.6 Å². The van der Waals surface area contributed by atoms with Crippen molar-refractivity contribution < 1.29 is 9.59 Å². The van der Waals surface area contributed by atoms with E-state index in [4.69, 9.17) is 0 Å². The van der Waals surface area contributed by atoms with E-state index < -0.39 is 0 Å². The van der Waals surface area contributed by atoms with Gasteiger partial charge >= 0.3 is 0 Å². The van der Waals surface area contributed by atoms with Crippen LogP contribution in [0.4, 0.5) is 0 Å². The number of hydrogen-bond acceptors (Lipinski definition) is 3. The fourth-order valence-electron chi connectivity index (χ4n) is 2.40. The normalized spacial score (nSPS) is 10.3. The molecule has 2 aromatic carbocycles. The summed E-state index contributed by atoms with van der Waals surface area (Å²) in [7, 11) is 0. The van der Waals surface area contributed by atoms with Gasteiger partial charge in [-0.3, -0.25) is 9.59 Å². The molecule has 2 N–H and O–H groups in total. The minimum absolute atomic E-state index is 0.0699. The molecule has 0 aliphatic rings. The lowest BCUT2D eigenvalue weighted by Gasteiger charge is -2.06. The van der Waals surface area contributed by atoms with Gasteiger partial charge in [0.15, 0.2) is 0 Å². The lowest BCUT2D eigenvalue weighted by molar-refractivity contribution is -0.120. The molecule has 0 fully saturated rings. The predicted molar refractivity (Wildman–Crippen MR) is 98.9 cm³/mol. The Hall–Kier alpha value is -3.41. The molecular weight excluding hydrogens is 328 g/mol. The summed E-state index contributed by atoms with van der Waals surface area (Å²) in [6, 6.07) is 16.9. The smallest absolute Gasteiger partial charge is 0.251 e. The van der Waals surface area contributed by atoms with E-state index in [0.29, 0.717) is 12.1 Å². The number of nitrogens with one attached hydrogen (secondary N) is 2. The van der Waals surface area contributed by atoms with Gasteiger partial charge in [0.2, 0.25) is 5.91 Å². The topological polar surface area (TPSA) is 76.0 Å². The standard InChI is InChI=1S/C20H20N4O2/c1-15-7-9-17(10-8-15)20(26)22-13-19(25)21-11-16-12-23-24(14-16)18-5-3-2-4-6-18/h2-10,12,14H,11,13H2,1H3,(H,21,25)(H,22,26). The van der Waals surface area contributed by atoms with Crippen LogP contribution in [0.3, 0.4) is 0 Å². The zero-order valence-electron chi connectivity index (χ0n) is 14.5. The molecule has 0 atom stereocenters. The maximum Gasteiger partial charge on any atom is 0.251 e. The number of benzene rings is 2. The summed E-state index contributed by atoms with van der Waals surface area (Å²) in [5.41, 5.74) is 3.45. The molecule has 132 valence electrons. The molecule has 1 aromatic heterocycles. The Kier molecular flexibility index (Phi) is 5.43. The molecule has 6 heteroatoms. The van der Waals surface area contributed by atoms with Crippen molar-refractivity contribution in [3.63, 3.8) is 0 Å². The minimum Gasteiger partial charge on any atom is -0.350 e. The zero-order chi connectivity index (χ0) is 18.4. The highest BCUT2D eigenvalue weighted by Crippen LogP contribution is 2.07. The average molecular weight is 348 g/mol. The summed E-state index contributed by atoms with van der Waals surface area (Å²) in [5.74, 6) is -0.519. The quantitative estimate of drug-likeness (QED) is 0.717. The van der Waals surface area contributed by atoms with Crippen LogP contribution in [0.5, 0.6) is 0 Å². The van der Waals surface area contributed by atoms with Crippen LogP contribution in [-0.4, -0.2) is 28.1 Å². The molecule has 0 saturated heterocycles. The summed E-state index contributed by atoms with van der Waals surface area (Å²) >= 11 is 0. The third kappa shape index (κ3) is 4.57. The van der Waals surface area contributed by atoms with Crippen molar-refractivity contribution in [2.75, 3.05) is 6.54 Å². The molecule has 0 bridgehead atoms. The highest BCUT2D eigenvalue weighted by molar-refractivity contribution is 5.96. The van der Waals surface area contributed by atoms with Gasteiger partial charge in [-0.05, 0) is 31.2 Å². The number of rotatable bonds is 6. The predicted octanol–water partition coefficient (Wildman–Crippen LogP) is 2.23. The highest BCUT2D eigenvalue weighted by Gasteiger charge is 2.08. The molecule has 6 nitrogen and oxygen atoms in total. The molecule has 3 aromatic rings. The van der Waals surface area contributed by atoms with Crippen LogP contribution in [0.1, 0.15) is 21.5 Å². The van der Waals surface area contributed by atoms with E-state index in [1.165, 1.54) is 0 Å². The first-order valence-electron chi connectivity index (χ1n) is 8.32. The first kappa shape index (κ1) is 17.4. The van der Waals surface area contributed by atoms with Gasteiger partial charge in [-0.2, -0.15) is 5.10 Å². The molecule has 0 radical (unpaired) electrons. The van der Waals surface area contributed by atoms with Gasteiger partial charge in [0.05, 0.1) is 18.4 Å². The Morgan fingerprint density at radius 3 is 2.46 bits per heavy atom. The monoisotopic (exact) mass is 348 g/mol. The number of para-hydroxylation sites is 1. The fraction of sp³-hybridized carbons (Fsp3) is 0.150. The molecule has 1 heterocycles. The van der Waals surface area contributed by atoms with Crippen LogP contribution >= 0.6 is 0 Å². The second-order valence-electron chi connectivity index (χ2n) is 5.95. The van der Waals surface area contributed by atoms with Crippen LogP contribution < -0.4 is 10.6 Å². The lowest BCUT2D eigenvalue weighted by atomic mass is 10.1. The van der Waals surface area contributed by atoms with Crippen LogP contribution in [0.2, 0.25) is 0 Å². The van der Waals surface area contributed by atoms with Crippen molar-refractivity contribution in [1.82, 2.24) is 20.4 Å². The van der Waals surface area contributed by atoms with Gasteiger partial charge in [0.25, 0.3) is 5.91 Å². The second kappa shape index (κ2) is 8.11. The third-order valence-corrected chi connectivity index (χ3v) is 3.87. The Balaban J connectivity index is 1.46. The van der Waals surface area contributed by atoms with Crippen molar-refractivity contribution in [2.45, 2.75) is 13.5 Å². The van der Waals surface area contributed by atoms with Crippen molar-refractivity contribution in [2.24, 2.45) is 0 Å². The summed E-state index contributed by atoms with van der Waals surface area (Å²) < 4.78 is 1.75. The summed E-state index contributed by atoms with van der Waals surface area (Å²) in [6.45, 7) is 2.24. The van der Waals surface area contributed by atoms with Crippen molar-refractivity contribution in [3.8, 4) is 5.69 Å². The summed E-state index contributed by atoms with van der Waals surface area (Å²) in [4.78, 5) is 23.9. The first-order valence-corrected chi connectivity index (χ1v) is 8.32. The van der Waals surface area contributed by atoms with Gasteiger partial charge in [-0.1, -0.05) is 35.9 Å². The summed E-state index contributed by atoms with van der Waals surface area (Å²) in [6.07, 6.45) is 3.57. The minimum atomic E-state index is -0.267. The van der Waals surface area contributed by atoms with E-state index in [0.717, 1.165) is 16.8 Å². The van der Waals surface area contributed by atoms with Crippen LogP contribution in [-0.2, 0) is 11.3 Å². The fourth-order valence-corrected chi connectivity index (χ4v) is 2.40. The molecule has 0 aliphatic carbocycles. The van der Waals surface area contributed by atoms with E-state index in [1.54, 1.807) is 23.0 Å². The number of hydrogen-bond donors (Lipinski definition) is 2. The average Bonchev–Trinajstić information content (AvgIpc) is 3.15. The third-order valence-electron chi connectivity index (χ3n) is 3.87. The Morgan fingerprint density at radius 2 is 1.73 bits per heavy atom. The molecule has 0 saturated carbocycles. The SMILES string of the molecule is Cc1ccc(C(=O)NCC(=O)NCc2cnn(-c3ccccc3)c2)cc1. The Morgan fingerprint density at radius 1 is 1.00 bits per heavy atom. The van der Waals surface area contributed by atoms with Crippen LogP contribution in [0, 0.1) is 6.92 Å². The van der Waals surface area contributed by atoms with Gasteiger partial charge in [-0.25, -0.2) is 4.68 Å². The Bertz CT molecular complexity index is 886. The van der Waals surface area contributed by atoms with Gasteiger partial charge in [-0.15, -0.1) is 0 Å². The maximum atomic E-state index is 12.0. The molecule has 0 spiro atoms. The zero-order valence-corrected chi connectivity index (χ0v) is 14.5. The van der Waals surface area contributed by atoms with Gasteiger partial charge < -0.3 is 10.6 Å². The highest BCUT2D eigenvalue weighted by atomic mass is 16.2. The van der Waals surface area contributed by atoms with Crippen LogP contribution in [0.15, 0.2) is 67.0 Å². The number of carbonyl (C=O) groups excluding carboxylic acids is 2. The molecule has 2 amide bonds. The molecule has 3 rings (SSSR count). The molecule has 0 unspecified atom stereocenters. The lowest BCUT2D eigenvalue weighted by Crippen LogP contribution is -2.36. The van der Waals surface area contributed by atoms with E-state index in [-0.39, 0.29) is 18.4 Å². The van der Waals surface area contributed by atoms with E-state index in [9.17, 15) is 9.59 Å². The molecule has 26 heavy (non-hydrogen) atoms. The molecule has 0 aliphatic heterocycles. The van der Waals surface area contributed by atoms with Gasteiger partial charge in [0.1, 0.15) is 0 Å². The number of aromatic nitrogens is 2. The van der Waals surface area contributed by atoms with E-state index >= 15 is 0 Å². The molecular formula is C20H20N4O2. The van der Waals surface area contributed by atoms with Crippen molar-refractivity contribution in [3.05, 3.63) is 83.7 Å². The Labute approximate surface area is 151 Å². The number of aryl methyl sites for hydroxylation is 1. The second-order valence-corrected chi connectivity index (χ2v) is 5.95. The first-order chi connectivity index (χ1) is 12.6. The number of nitrogens with zero attached hydrogens (tertiary/aromatic N) is 2. The van der Waals surface area contributed by atoms with Crippen molar-refractivity contribution in [1.29, 1.82) is 0 Å². The van der Waals surface area contributed by atoms with Gasteiger partial charge in [0, 0.05) is 23.9 Å². The summed E-state index contributed by atoms with van der Waals surface area (Å²) in [5, 5.41) is 9.67.